The average molecular weight is 317 g/mol. The summed E-state index contributed by atoms with van der Waals surface area (Å²) in [5.74, 6) is 0.792. The van der Waals surface area contributed by atoms with E-state index in [1.54, 1.807) is 24.3 Å². The maximum Gasteiger partial charge on any atom is 0.260 e. The van der Waals surface area contributed by atoms with Gasteiger partial charge in [-0.2, -0.15) is 0 Å². The third-order valence-corrected chi connectivity index (χ3v) is 4.54. The summed E-state index contributed by atoms with van der Waals surface area (Å²) in [6, 6.07) is 7.39. The molecule has 0 aromatic heterocycles. The lowest BCUT2D eigenvalue weighted by Gasteiger charge is -2.33. The fourth-order valence-corrected chi connectivity index (χ4v) is 3.20. The van der Waals surface area contributed by atoms with Crippen LogP contribution in [0.5, 0.6) is 5.75 Å². The van der Waals surface area contributed by atoms with Gasteiger partial charge in [0.25, 0.3) is 5.91 Å². The van der Waals surface area contributed by atoms with Gasteiger partial charge in [0.1, 0.15) is 5.75 Å². The van der Waals surface area contributed by atoms with E-state index in [0.717, 1.165) is 19.4 Å². The molecule has 0 saturated heterocycles. The zero-order valence-electron chi connectivity index (χ0n) is 14.2. The highest BCUT2D eigenvalue weighted by Crippen LogP contribution is 2.22. The summed E-state index contributed by atoms with van der Waals surface area (Å²) in [7, 11) is 0. The maximum atomic E-state index is 12.4. The summed E-state index contributed by atoms with van der Waals surface area (Å²) in [6.07, 6.45) is 6.40. The molecule has 0 radical (unpaired) electrons. The maximum absolute atomic E-state index is 12.4. The minimum absolute atomic E-state index is 0.0492. The molecule has 0 heterocycles. The number of likely N-dealkylation sites (N-methyl/N-ethyl adjacent to an activating group) is 1. The number of Topliss-reactive ketones (excluding diaryl/α,β-unsaturated/α-hetero) is 1. The monoisotopic (exact) mass is 317 g/mol. The average Bonchev–Trinajstić information content (AvgIpc) is 2.61. The number of hydrogen-bond acceptors (Lipinski definition) is 3. The second kappa shape index (κ2) is 8.70. The van der Waals surface area contributed by atoms with E-state index in [4.69, 9.17) is 4.74 Å². The first kappa shape index (κ1) is 17.5. The zero-order valence-corrected chi connectivity index (χ0v) is 14.2. The molecular formula is C19H27NO3. The van der Waals surface area contributed by atoms with Gasteiger partial charge in [-0.15, -0.1) is 0 Å². The van der Waals surface area contributed by atoms with Gasteiger partial charge in [0.15, 0.2) is 12.4 Å². The molecule has 4 heteroatoms. The fraction of sp³-hybridized carbons (Fsp3) is 0.579. The first-order valence-corrected chi connectivity index (χ1v) is 8.71. The molecule has 23 heavy (non-hydrogen) atoms. The Morgan fingerprint density at radius 2 is 1.74 bits per heavy atom. The van der Waals surface area contributed by atoms with E-state index in [2.05, 4.69) is 0 Å². The Kier molecular flexibility index (Phi) is 6.63. The van der Waals surface area contributed by atoms with Gasteiger partial charge in [-0.1, -0.05) is 26.2 Å². The minimum Gasteiger partial charge on any atom is -0.484 e. The van der Waals surface area contributed by atoms with Gasteiger partial charge < -0.3 is 9.64 Å². The summed E-state index contributed by atoms with van der Waals surface area (Å²) in [5, 5.41) is 0. The molecule has 4 nitrogen and oxygen atoms in total. The summed E-state index contributed by atoms with van der Waals surface area (Å²) in [6.45, 7) is 4.66. The van der Waals surface area contributed by atoms with Crippen LogP contribution in [0.4, 0.5) is 0 Å². The van der Waals surface area contributed by atoms with Gasteiger partial charge in [0.2, 0.25) is 0 Å². The largest absolute Gasteiger partial charge is 0.484 e. The van der Waals surface area contributed by atoms with E-state index in [0.29, 0.717) is 23.8 Å². The Hall–Kier alpha value is -1.84. The Morgan fingerprint density at radius 3 is 2.30 bits per heavy atom. The van der Waals surface area contributed by atoms with Crippen molar-refractivity contribution < 1.29 is 14.3 Å². The Bertz CT molecular complexity index is 518. The van der Waals surface area contributed by atoms with Crippen LogP contribution in [0.3, 0.4) is 0 Å². The molecule has 1 aromatic rings. The van der Waals surface area contributed by atoms with Gasteiger partial charge in [0, 0.05) is 24.6 Å². The molecule has 0 unspecified atom stereocenters. The summed E-state index contributed by atoms with van der Waals surface area (Å²) >= 11 is 0. The smallest absolute Gasteiger partial charge is 0.260 e. The number of benzene rings is 1. The standard InChI is InChI=1S/C19H27NO3/c1-3-18(21)15-10-12-17(13-11-15)23-14-19(22)20(4-2)16-8-6-5-7-9-16/h10-13,16H,3-9,14H2,1-2H3. The lowest BCUT2D eigenvalue weighted by molar-refractivity contribution is -0.136. The SMILES string of the molecule is CCC(=O)c1ccc(OCC(=O)N(CC)C2CCCCC2)cc1. The van der Waals surface area contributed by atoms with E-state index < -0.39 is 0 Å². The van der Waals surface area contributed by atoms with E-state index in [1.807, 2.05) is 18.7 Å². The van der Waals surface area contributed by atoms with Crippen LogP contribution >= 0.6 is 0 Å². The highest BCUT2D eigenvalue weighted by Gasteiger charge is 2.24. The summed E-state index contributed by atoms with van der Waals surface area (Å²) in [5.41, 5.74) is 0.684. The molecule has 0 atom stereocenters. The molecule has 1 fully saturated rings. The third kappa shape index (κ3) is 4.81. The number of nitrogens with zero attached hydrogens (tertiary/aromatic N) is 1. The van der Waals surface area contributed by atoms with E-state index in [1.165, 1.54) is 19.3 Å². The Labute approximate surface area is 138 Å². The van der Waals surface area contributed by atoms with Crippen LogP contribution in [0.1, 0.15) is 62.7 Å². The second-order valence-electron chi connectivity index (χ2n) is 6.06. The number of carbonyl (C=O) groups excluding carboxylic acids is 2. The number of ether oxygens (including phenoxy) is 1. The zero-order chi connectivity index (χ0) is 16.7. The van der Waals surface area contributed by atoms with Gasteiger partial charge in [-0.3, -0.25) is 9.59 Å². The van der Waals surface area contributed by atoms with Crippen molar-refractivity contribution in [2.45, 2.75) is 58.4 Å². The highest BCUT2D eigenvalue weighted by atomic mass is 16.5. The van der Waals surface area contributed by atoms with Crippen LogP contribution in [-0.2, 0) is 4.79 Å². The van der Waals surface area contributed by atoms with Crippen LogP contribution in [0, 0.1) is 0 Å². The van der Waals surface area contributed by atoms with Crippen molar-refractivity contribution in [3.8, 4) is 5.75 Å². The normalized spacial score (nSPS) is 15.2. The molecule has 1 aromatic carbocycles. The number of rotatable bonds is 7. The number of ketones is 1. The van der Waals surface area contributed by atoms with Crippen LogP contribution < -0.4 is 4.74 Å². The predicted octanol–water partition coefficient (Wildman–Crippen LogP) is 3.84. The van der Waals surface area contributed by atoms with Crippen molar-refractivity contribution in [1.82, 2.24) is 4.90 Å². The van der Waals surface area contributed by atoms with Crippen LogP contribution in [0.25, 0.3) is 0 Å². The topological polar surface area (TPSA) is 46.6 Å². The fourth-order valence-electron chi connectivity index (χ4n) is 3.20. The number of hydrogen-bond donors (Lipinski definition) is 0. The Balaban J connectivity index is 1.88. The molecule has 1 amide bonds. The van der Waals surface area contributed by atoms with E-state index in [-0.39, 0.29) is 18.3 Å². The lowest BCUT2D eigenvalue weighted by atomic mass is 9.94. The predicted molar refractivity (Wildman–Crippen MR) is 90.8 cm³/mol. The Morgan fingerprint density at radius 1 is 1.09 bits per heavy atom. The van der Waals surface area contributed by atoms with Crippen molar-refractivity contribution in [3.05, 3.63) is 29.8 Å². The molecule has 0 spiro atoms. The van der Waals surface area contributed by atoms with Crippen LogP contribution in [-0.4, -0.2) is 35.8 Å². The first-order valence-electron chi connectivity index (χ1n) is 8.71. The molecule has 1 saturated carbocycles. The molecule has 126 valence electrons. The number of amides is 1. The van der Waals surface area contributed by atoms with Crippen molar-refractivity contribution in [3.63, 3.8) is 0 Å². The van der Waals surface area contributed by atoms with Crippen molar-refractivity contribution in [1.29, 1.82) is 0 Å². The second-order valence-corrected chi connectivity index (χ2v) is 6.06. The quantitative estimate of drug-likeness (QED) is 0.718. The molecule has 1 aliphatic carbocycles. The van der Waals surface area contributed by atoms with Gasteiger partial charge in [0.05, 0.1) is 0 Å². The van der Waals surface area contributed by atoms with Gasteiger partial charge in [-0.05, 0) is 44.0 Å². The van der Waals surface area contributed by atoms with Gasteiger partial charge >= 0.3 is 0 Å². The van der Waals surface area contributed by atoms with Crippen molar-refractivity contribution in [2.24, 2.45) is 0 Å². The molecule has 2 rings (SSSR count). The number of carbonyl (C=O) groups is 2. The minimum atomic E-state index is 0.0492. The summed E-state index contributed by atoms with van der Waals surface area (Å²) < 4.78 is 5.61. The highest BCUT2D eigenvalue weighted by molar-refractivity contribution is 5.95. The molecule has 1 aliphatic rings. The van der Waals surface area contributed by atoms with Crippen LogP contribution in [0.15, 0.2) is 24.3 Å². The van der Waals surface area contributed by atoms with Crippen LogP contribution in [0.2, 0.25) is 0 Å². The summed E-state index contributed by atoms with van der Waals surface area (Å²) in [4.78, 5) is 26.0. The van der Waals surface area contributed by atoms with E-state index in [9.17, 15) is 9.59 Å². The third-order valence-electron chi connectivity index (χ3n) is 4.54. The van der Waals surface area contributed by atoms with Crippen molar-refractivity contribution >= 4 is 11.7 Å². The van der Waals surface area contributed by atoms with E-state index >= 15 is 0 Å². The molecular weight excluding hydrogens is 290 g/mol. The first-order chi connectivity index (χ1) is 11.2. The molecule has 0 aliphatic heterocycles. The molecule has 0 bridgehead atoms. The van der Waals surface area contributed by atoms with Gasteiger partial charge in [-0.25, -0.2) is 0 Å². The molecule has 0 N–H and O–H groups in total. The lowest BCUT2D eigenvalue weighted by Crippen LogP contribution is -2.43. The van der Waals surface area contributed by atoms with Crippen molar-refractivity contribution in [2.75, 3.05) is 13.2 Å².